The number of aliphatic carboxylic acids is 1. The Morgan fingerprint density at radius 3 is 2.58 bits per heavy atom. The van der Waals surface area contributed by atoms with Gasteiger partial charge in [-0.15, -0.1) is 0 Å². The molecule has 4 heteroatoms. The minimum atomic E-state index is -0.793. The maximum Gasteiger partial charge on any atom is 0.303 e. The number of hydrogen-bond acceptors (Lipinski definition) is 2. The zero-order valence-electron chi connectivity index (χ0n) is 11.5. The van der Waals surface area contributed by atoms with Gasteiger partial charge in [-0.1, -0.05) is 6.07 Å². The molecule has 0 bridgehead atoms. The van der Waals surface area contributed by atoms with E-state index in [9.17, 15) is 4.79 Å². The van der Waals surface area contributed by atoms with Crippen LogP contribution in [0.2, 0.25) is 0 Å². The number of benzene rings is 1. The van der Waals surface area contributed by atoms with Crippen molar-refractivity contribution in [2.45, 2.75) is 33.6 Å². The van der Waals surface area contributed by atoms with Crippen LogP contribution in [0.5, 0.6) is 0 Å². The molecule has 1 N–H and O–H groups in total. The summed E-state index contributed by atoms with van der Waals surface area (Å²) in [6.07, 6.45) is 0.581. The molecule has 0 aliphatic carbocycles. The van der Waals surface area contributed by atoms with Gasteiger partial charge in [0.05, 0.1) is 17.8 Å². The fourth-order valence-electron chi connectivity index (χ4n) is 2.01. The lowest BCUT2D eigenvalue weighted by atomic mass is 10.1. The predicted octanol–water partition coefficient (Wildman–Crippen LogP) is 2.81. The zero-order valence-corrected chi connectivity index (χ0v) is 11.5. The topological polar surface area (TPSA) is 55.1 Å². The van der Waals surface area contributed by atoms with Crippen molar-refractivity contribution in [3.8, 4) is 5.69 Å². The first-order valence-electron chi connectivity index (χ1n) is 6.32. The van der Waals surface area contributed by atoms with E-state index in [1.54, 1.807) is 0 Å². The standard InChI is InChI=1S/C15H18N2O2/c1-10-4-6-14(8-11(10)2)17-12(3)9-13(16-17)5-7-15(18)19/h4,6,8-9H,5,7H2,1-3H3,(H,18,19). The van der Waals surface area contributed by atoms with E-state index >= 15 is 0 Å². The molecule has 0 amide bonds. The third kappa shape index (κ3) is 3.02. The van der Waals surface area contributed by atoms with Crippen molar-refractivity contribution in [2.24, 2.45) is 0 Å². The second-order valence-electron chi connectivity index (χ2n) is 4.85. The summed E-state index contributed by atoms with van der Waals surface area (Å²) in [5.74, 6) is -0.793. The maximum absolute atomic E-state index is 10.6. The maximum atomic E-state index is 10.6. The van der Waals surface area contributed by atoms with Crippen molar-refractivity contribution < 1.29 is 9.90 Å². The molecule has 0 saturated heterocycles. The van der Waals surface area contributed by atoms with Crippen molar-refractivity contribution in [3.63, 3.8) is 0 Å². The lowest BCUT2D eigenvalue weighted by molar-refractivity contribution is -0.136. The first kappa shape index (κ1) is 13.3. The number of nitrogens with zero attached hydrogens (tertiary/aromatic N) is 2. The van der Waals surface area contributed by atoms with Crippen LogP contribution in [0.1, 0.15) is 28.9 Å². The zero-order chi connectivity index (χ0) is 14.0. The van der Waals surface area contributed by atoms with E-state index in [1.165, 1.54) is 11.1 Å². The normalized spacial score (nSPS) is 10.7. The second-order valence-corrected chi connectivity index (χ2v) is 4.85. The highest BCUT2D eigenvalue weighted by molar-refractivity contribution is 5.66. The van der Waals surface area contributed by atoms with E-state index in [2.05, 4.69) is 31.1 Å². The number of aromatic nitrogens is 2. The van der Waals surface area contributed by atoms with Crippen LogP contribution < -0.4 is 0 Å². The SMILES string of the molecule is Cc1ccc(-n2nc(CCC(=O)O)cc2C)cc1C. The molecule has 0 fully saturated rings. The molecule has 19 heavy (non-hydrogen) atoms. The molecular weight excluding hydrogens is 240 g/mol. The van der Waals surface area contributed by atoms with Crippen LogP contribution in [0.4, 0.5) is 0 Å². The fraction of sp³-hybridized carbons (Fsp3) is 0.333. The first-order chi connectivity index (χ1) is 8.97. The van der Waals surface area contributed by atoms with E-state index in [1.807, 2.05) is 23.7 Å². The smallest absolute Gasteiger partial charge is 0.303 e. The summed E-state index contributed by atoms with van der Waals surface area (Å²) in [5, 5.41) is 13.2. The number of hydrogen-bond donors (Lipinski definition) is 1. The van der Waals surface area contributed by atoms with Gasteiger partial charge in [-0.2, -0.15) is 5.10 Å². The number of aryl methyl sites for hydroxylation is 4. The molecule has 0 radical (unpaired) electrons. The van der Waals surface area contributed by atoms with Crippen LogP contribution >= 0.6 is 0 Å². The first-order valence-corrected chi connectivity index (χ1v) is 6.32. The molecule has 0 unspecified atom stereocenters. The molecule has 1 heterocycles. The van der Waals surface area contributed by atoms with Crippen molar-refractivity contribution >= 4 is 5.97 Å². The largest absolute Gasteiger partial charge is 0.481 e. The third-order valence-corrected chi connectivity index (χ3v) is 3.27. The van der Waals surface area contributed by atoms with Gasteiger partial charge in [0.2, 0.25) is 0 Å². The number of rotatable bonds is 4. The van der Waals surface area contributed by atoms with Crippen molar-refractivity contribution in [2.75, 3.05) is 0 Å². The van der Waals surface area contributed by atoms with Crippen LogP contribution in [0.15, 0.2) is 24.3 Å². The molecule has 2 aromatic rings. The summed E-state index contributed by atoms with van der Waals surface area (Å²) in [7, 11) is 0. The third-order valence-electron chi connectivity index (χ3n) is 3.27. The van der Waals surface area contributed by atoms with Crippen LogP contribution in [-0.4, -0.2) is 20.9 Å². The van der Waals surface area contributed by atoms with E-state index in [-0.39, 0.29) is 6.42 Å². The Morgan fingerprint density at radius 2 is 1.95 bits per heavy atom. The summed E-state index contributed by atoms with van der Waals surface area (Å²) in [4.78, 5) is 10.6. The minimum Gasteiger partial charge on any atom is -0.481 e. The van der Waals surface area contributed by atoms with Crippen LogP contribution in [0, 0.1) is 20.8 Å². The Morgan fingerprint density at radius 1 is 1.21 bits per heavy atom. The van der Waals surface area contributed by atoms with Gasteiger partial charge in [0.15, 0.2) is 0 Å². The highest BCUT2D eigenvalue weighted by Gasteiger charge is 2.08. The number of carbonyl (C=O) groups is 1. The average molecular weight is 258 g/mol. The number of carboxylic acids is 1. The Labute approximate surface area is 112 Å². The molecule has 100 valence electrons. The van der Waals surface area contributed by atoms with E-state index in [4.69, 9.17) is 5.11 Å². The lowest BCUT2D eigenvalue weighted by Crippen LogP contribution is -2.02. The van der Waals surface area contributed by atoms with Crippen molar-refractivity contribution in [1.29, 1.82) is 0 Å². The molecule has 0 aliphatic rings. The second kappa shape index (κ2) is 5.26. The van der Waals surface area contributed by atoms with Gasteiger partial charge < -0.3 is 5.11 Å². The minimum absolute atomic E-state index is 0.114. The molecule has 0 spiro atoms. The molecule has 0 saturated carbocycles. The number of carboxylic acid groups (broad SMARTS) is 1. The van der Waals surface area contributed by atoms with Gasteiger partial charge in [0, 0.05) is 12.1 Å². The van der Waals surface area contributed by atoms with Gasteiger partial charge in [-0.3, -0.25) is 4.79 Å². The quantitative estimate of drug-likeness (QED) is 0.917. The Hall–Kier alpha value is -2.10. The van der Waals surface area contributed by atoms with Gasteiger partial charge in [-0.25, -0.2) is 4.68 Å². The molecule has 0 aliphatic heterocycles. The summed E-state index contributed by atoms with van der Waals surface area (Å²) in [6, 6.07) is 8.14. The predicted molar refractivity (Wildman–Crippen MR) is 73.7 cm³/mol. The van der Waals surface area contributed by atoms with Crippen LogP contribution in [0.25, 0.3) is 5.69 Å². The van der Waals surface area contributed by atoms with E-state index in [0.717, 1.165) is 17.1 Å². The van der Waals surface area contributed by atoms with E-state index < -0.39 is 5.97 Å². The molecule has 2 rings (SSSR count). The summed E-state index contributed by atoms with van der Waals surface area (Å²) in [5.41, 5.74) is 5.32. The molecule has 4 nitrogen and oxygen atoms in total. The summed E-state index contributed by atoms with van der Waals surface area (Å²) in [6.45, 7) is 6.13. The summed E-state index contributed by atoms with van der Waals surface area (Å²) < 4.78 is 1.86. The lowest BCUT2D eigenvalue weighted by Gasteiger charge is -2.07. The van der Waals surface area contributed by atoms with Gasteiger partial charge in [0.1, 0.15) is 0 Å². The van der Waals surface area contributed by atoms with Crippen molar-refractivity contribution in [3.05, 3.63) is 46.8 Å². The fourth-order valence-corrected chi connectivity index (χ4v) is 2.01. The molecule has 1 aromatic heterocycles. The molecular formula is C15H18N2O2. The Bertz CT molecular complexity index is 615. The van der Waals surface area contributed by atoms with E-state index in [0.29, 0.717) is 6.42 Å². The molecule has 0 atom stereocenters. The van der Waals surface area contributed by atoms with Gasteiger partial charge in [0.25, 0.3) is 0 Å². The van der Waals surface area contributed by atoms with Gasteiger partial charge >= 0.3 is 5.97 Å². The van der Waals surface area contributed by atoms with Crippen LogP contribution in [-0.2, 0) is 11.2 Å². The Kier molecular flexibility index (Phi) is 3.69. The monoisotopic (exact) mass is 258 g/mol. The highest BCUT2D eigenvalue weighted by atomic mass is 16.4. The van der Waals surface area contributed by atoms with Crippen LogP contribution in [0.3, 0.4) is 0 Å². The highest BCUT2D eigenvalue weighted by Crippen LogP contribution is 2.16. The summed E-state index contributed by atoms with van der Waals surface area (Å²) >= 11 is 0. The molecule has 1 aromatic carbocycles. The van der Waals surface area contributed by atoms with Gasteiger partial charge in [-0.05, 0) is 50.1 Å². The Balaban J connectivity index is 2.29. The van der Waals surface area contributed by atoms with Crippen molar-refractivity contribution in [1.82, 2.24) is 9.78 Å². The average Bonchev–Trinajstić information content (AvgIpc) is 2.72.